The summed E-state index contributed by atoms with van der Waals surface area (Å²) in [4.78, 5) is 37.6. The Balaban J connectivity index is 0.000000479. The number of likely N-dealkylation sites (tertiary alicyclic amines) is 1. The highest BCUT2D eigenvalue weighted by molar-refractivity contribution is 5.95. The van der Waals surface area contributed by atoms with Crippen molar-refractivity contribution in [2.24, 2.45) is 5.73 Å². The molecule has 1 aliphatic rings. The molecule has 1 amide bonds. The molecule has 0 radical (unpaired) electrons. The number of aromatic amines is 1. The van der Waals surface area contributed by atoms with Crippen molar-refractivity contribution in [2.45, 2.75) is 24.9 Å². The number of nitrogens with two attached hydrogens (primary N) is 1. The summed E-state index contributed by atoms with van der Waals surface area (Å²) >= 11 is 0. The fourth-order valence-corrected chi connectivity index (χ4v) is 3.95. The van der Waals surface area contributed by atoms with Gasteiger partial charge in [-0.15, -0.1) is 0 Å². The van der Waals surface area contributed by atoms with Gasteiger partial charge in [-0.1, -0.05) is 30.3 Å². The van der Waals surface area contributed by atoms with Gasteiger partial charge in [0.15, 0.2) is 0 Å². The molecule has 2 heterocycles. The molecule has 8 nitrogen and oxygen atoms in total. The van der Waals surface area contributed by atoms with Crippen molar-refractivity contribution in [2.75, 3.05) is 13.1 Å². The van der Waals surface area contributed by atoms with Crippen LogP contribution in [0.2, 0.25) is 0 Å². The predicted molar refractivity (Wildman–Crippen MR) is 132 cm³/mol. The van der Waals surface area contributed by atoms with Crippen LogP contribution in [0.4, 0.5) is 13.2 Å². The monoisotopic (exact) mass is 514 g/mol. The number of halogens is 3. The minimum Gasteiger partial charge on any atom is -0.475 e. The molecule has 1 saturated heterocycles. The van der Waals surface area contributed by atoms with E-state index in [1.165, 1.54) is 11.6 Å². The number of carbonyl (C=O) groups excluding carboxylic acids is 1. The first-order chi connectivity index (χ1) is 17.5. The van der Waals surface area contributed by atoms with Crippen LogP contribution in [-0.4, -0.2) is 52.0 Å². The van der Waals surface area contributed by atoms with Gasteiger partial charge in [0.2, 0.25) is 5.56 Å². The number of aliphatic carboxylic acids is 1. The zero-order valence-corrected chi connectivity index (χ0v) is 19.6. The smallest absolute Gasteiger partial charge is 0.475 e. The third-order valence-electron chi connectivity index (χ3n) is 5.94. The molecule has 0 bridgehead atoms. The Kier molecular flexibility index (Phi) is 8.49. The summed E-state index contributed by atoms with van der Waals surface area (Å²) < 4.78 is 31.7. The lowest BCUT2D eigenvalue weighted by Crippen LogP contribution is -2.37. The zero-order chi connectivity index (χ0) is 27.2. The van der Waals surface area contributed by atoms with E-state index in [1.54, 1.807) is 12.3 Å². The maximum Gasteiger partial charge on any atom is 0.490 e. The Morgan fingerprint density at radius 1 is 0.973 bits per heavy atom. The quantitative estimate of drug-likeness (QED) is 0.308. The fraction of sp³-hybridized carbons (Fsp3) is 0.231. The summed E-state index contributed by atoms with van der Waals surface area (Å²) in [7, 11) is 0. The van der Waals surface area contributed by atoms with Crippen molar-refractivity contribution in [1.29, 1.82) is 5.41 Å². The number of nitrogen functional groups attached to an aromatic ring is 1. The van der Waals surface area contributed by atoms with Crippen LogP contribution in [0.3, 0.4) is 0 Å². The summed E-state index contributed by atoms with van der Waals surface area (Å²) in [5.74, 6) is -2.27. The van der Waals surface area contributed by atoms with Crippen molar-refractivity contribution in [3.63, 3.8) is 0 Å². The number of amides is 1. The summed E-state index contributed by atoms with van der Waals surface area (Å²) in [6.07, 6.45) is -1.63. The SMILES string of the molecule is N=C(N)c1cccc(C2CCN(C(=O)c3ccc(-c4ccc(=O)[nH]c4)cc3)CC2)c1.O=C(O)C(F)(F)F. The zero-order valence-electron chi connectivity index (χ0n) is 19.6. The number of pyridine rings is 1. The van der Waals surface area contributed by atoms with E-state index < -0.39 is 12.1 Å². The highest BCUT2D eigenvalue weighted by Gasteiger charge is 2.38. The van der Waals surface area contributed by atoms with E-state index in [9.17, 15) is 22.8 Å². The van der Waals surface area contributed by atoms with Crippen molar-refractivity contribution in [3.05, 3.63) is 93.9 Å². The van der Waals surface area contributed by atoms with Gasteiger partial charge >= 0.3 is 12.1 Å². The van der Waals surface area contributed by atoms with Crippen molar-refractivity contribution >= 4 is 17.7 Å². The van der Waals surface area contributed by atoms with E-state index in [2.05, 4.69) is 11.1 Å². The maximum atomic E-state index is 12.9. The number of benzene rings is 2. The van der Waals surface area contributed by atoms with Gasteiger partial charge in [0.25, 0.3) is 5.91 Å². The largest absolute Gasteiger partial charge is 0.490 e. The average Bonchev–Trinajstić information content (AvgIpc) is 2.89. The van der Waals surface area contributed by atoms with Crippen LogP contribution in [-0.2, 0) is 4.79 Å². The number of nitrogens with zero attached hydrogens (tertiary/aromatic N) is 1. The fourth-order valence-electron chi connectivity index (χ4n) is 3.95. The van der Waals surface area contributed by atoms with E-state index in [0.29, 0.717) is 24.6 Å². The molecule has 1 aromatic heterocycles. The van der Waals surface area contributed by atoms with Gasteiger partial charge in [0.1, 0.15) is 5.84 Å². The molecular weight excluding hydrogens is 489 g/mol. The molecule has 37 heavy (non-hydrogen) atoms. The minimum atomic E-state index is -5.08. The first kappa shape index (κ1) is 27.2. The van der Waals surface area contributed by atoms with Gasteiger partial charge in [-0.3, -0.25) is 15.0 Å². The number of aromatic nitrogens is 1. The Morgan fingerprint density at radius 2 is 1.57 bits per heavy atom. The second-order valence-electron chi connectivity index (χ2n) is 8.43. The predicted octanol–water partition coefficient (Wildman–Crippen LogP) is 3.98. The van der Waals surface area contributed by atoms with Gasteiger partial charge in [0, 0.05) is 36.5 Å². The summed E-state index contributed by atoms with van der Waals surface area (Å²) in [5.41, 5.74) is 9.92. The maximum absolute atomic E-state index is 12.9. The van der Waals surface area contributed by atoms with Gasteiger partial charge in [-0.2, -0.15) is 13.2 Å². The van der Waals surface area contributed by atoms with Crippen LogP contribution in [0, 0.1) is 5.41 Å². The van der Waals surface area contributed by atoms with Crippen LogP contribution in [0.5, 0.6) is 0 Å². The lowest BCUT2D eigenvalue weighted by Gasteiger charge is -2.32. The van der Waals surface area contributed by atoms with Crippen LogP contribution < -0.4 is 11.3 Å². The van der Waals surface area contributed by atoms with Gasteiger partial charge in [-0.05, 0) is 59.7 Å². The molecular formula is C26H25F3N4O4. The van der Waals surface area contributed by atoms with E-state index >= 15 is 0 Å². The van der Waals surface area contributed by atoms with Crippen LogP contribution in [0.15, 0.2) is 71.7 Å². The Bertz CT molecular complexity index is 1310. The van der Waals surface area contributed by atoms with E-state index in [-0.39, 0.29) is 17.3 Å². The number of hydrogen-bond donors (Lipinski definition) is 4. The summed E-state index contributed by atoms with van der Waals surface area (Å²) in [5, 5.41) is 14.7. The number of piperidine rings is 1. The van der Waals surface area contributed by atoms with Gasteiger partial charge < -0.3 is 20.7 Å². The third-order valence-corrected chi connectivity index (χ3v) is 5.94. The Hall–Kier alpha value is -4.41. The highest BCUT2D eigenvalue weighted by Crippen LogP contribution is 2.29. The van der Waals surface area contributed by atoms with Gasteiger partial charge in [-0.25, -0.2) is 4.79 Å². The molecule has 1 fully saturated rings. The Labute approximate surface area is 210 Å². The number of rotatable bonds is 4. The molecule has 5 N–H and O–H groups in total. The average molecular weight is 515 g/mol. The second-order valence-corrected chi connectivity index (χ2v) is 8.43. The highest BCUT2D eigenvalue weighted by atomic mass is 19.4. The van der Waals surface area contributed by atoms with Crippen LogP contribution in [0.25, 0.3) is 11.1 Å². The van der Waals surface area contributed by atoms with Crippen molar-refractivity contribution in [3.8, 4) is 11.1 Å². The molecule has 0 unspecified atom stereocenters. The second kappa shape index (κ2) is 11.5. The molecule has 0 spiro atoms. The number of carboxylic acids is 1. The molecule has 2 aromatic carbocycles. The number of nitrogens with one attached hydrogen (secondary N) is 2. The topological polar surface area (TPSA) is 140 Å². The number of carbonyl (C=O) groups is 2. The number of amidine groups is 1. The molecule has 194 valence electrons. The molecule has 3 aromatic rings. The third kappa shape index (κ3) is 7.29. The lowest BCUT2D eigenvalue weighted by atomic mass is 9.88. The number of alkyl halides is 3. The summed E-state index contributed by atoms with van der Waals surface area (Å²) in [6, 6.07) is 18.6. The normalized spacial score (nSPS) is 13.9. The first-order valence-electron chi connectivity index (χ1n) is 11.3. The van der Waals surface area contributed by atoms with Crippen molar-refractivity contribution in [1.82, 2.24) is 9.88 Å². The first-order valence-corrected chi connectivity index (χ1v) is 11.3. The van der Waals surface area contributed by atoms with Gasteiger partial charge in [0.05, 0.1) is 0 Å². The number of H-pyrrole nitrogens is 1. The molecule has 0 saturated carbocycles. The van der Waals surface area contributed by atoms with E-state index in [1.807, 2.05) is 47.4 Å². The number of carboxylic acid groups (broad SMARTS) is 1. The Morgan fingerprint density at radius 3 is 2.08 bits per heavy atom. The standard InChI is InChI=1S/C24H24N4O2.C2HF3O2/c25-23(26)20-3-1-2-19(14-20)17-10-12-28(13-11-17)24(30)18-6-4-16(5-7-18)21-8-9-22(29)27-15-21;3-2(4,5)1(6)7/h1-9,14-15,17H,10-13H2,(H3,25,26)(H,27,29);(H,6,7). The minimum absolute atomic E-state index is 0.0407. The summed E-state index contributed by atoms with van der Waals surface area (Å²) in [6.45, 7) is 1.41. The van der Waals surface area contributed by atoms with E-state index in [4.69, 9.17) is 21.0 Å². The number of hydrogen-bond acceptors (Lipinski definition) is 4. The van der Waals surface area contributed by atoms with Crippen LogP contribution >= 0.6 is 0 Å². The molecule has 4 rings (SSSR count). The van der Waals surface area contributed by atoms with Crippen LogP contribution in [0.1, 0.15) is 40.2 Å². The van der Waals surface area contributed by atoms with Crippen molar-refractivity contribution < 1.29 is 27.9 Å². The van der Waals surface area contributed by atoms with E-state index in [0.717, 1.165) is 29.5 Å². The molecule has 1 aliphatic heterocycles. The molecule has 11 heteroatoms. The molecule has 0 aliphatic carbocycles. The lowest BCUT2D eigenvalue weighted by molar-refractivity contribution is -0.192. The molecule has 0 atom stereocenters.